The fourth-order valence-corrected chi connectivity index (χ4v) is 5.53. The lowest BCUT2D eigenvalue weighted by atomic mass is 9.97. The maximum absolute atomic E-state index is 13.1. The van der Waals surface area contributed by atoms with Gasteiger partial charge >= 0.3 is 0 Å². The van der Waals surface area contributed by atoms with Gasteiger partial charge in [-0.2, -0.15) is 4.31 Å². The molecule has 0 radical (unpaired) electrons. The molecule has 0 saturated carbocycles. The third-order valence-electron chi connectivity index (χ3n) is 5.88. The van der Waals surface area contributed by atoms with Gasteiger partial charge in [0, 0.05) is 24.2 Å². The molecule has 1 aliphatic heterocycles. The number of hydrogen-bond acceptors (Lipinski definition) is 4. The highest BCUT2D eigenvalue weighted by molar-refractivity contribution is 7.89. The number of aryl methyl sites for hydroxylation is 1. The van der Waals surface area contributed by atoms with Gasteiger partial charge in [-0.05, 0) is 44.0 Å². The lowest BCUT2D eigenvalue weighted by molar-refractivity contribution is -0.120. The van der Waals surface area contributed by atoms with Crippen LogP contribution in [-0.4, -0.2) is 37.5 Å². The number of nitrogens with one attached hydrogen (secondary N) is 1. The Kier molecular flexibility index (Phi) is 6.72. The minimum atomic E-state index is -3.68. The molecule has 1 saturated heterocycles. The van der Waals surface area contributed by atoms with Crippen LogP contribution in [0.3, 0.4) is 0 Å². The van der Waals surface area contributed by atoms with Crippen LogP contribution in [0.5, 0.6) is 0 Å². The lowest BCUT2D eigenvalue weighted by Crippen LogP contribution is -2.43. The molecular formula is C26H26N2O4S. The Morgan fingerprint density at radius 1 is 0.909 bits per heavy atom. The molecule has 3 aromatic carbocycles. The van der Waals surface area contributed by atoms with E-state index in [1.54, 1.807) is 72.8 Å². The topological polar surface area (TPSA) is 83.6 Å². The number of para-hydroxylation sites is 1. The number of carbonyl (C=O) groups is 2. The number of sulfonamides is 1. The van der Waals surface area contributed by atoms with Crippen LogP contribution in [0, 0.1) is 12.8 Å². The number of ketones is 1. The van der Waals surface area contributed by atoms with Crippen LogP contribution in [0.4, 0.5) is 5.69 Å². The van der Waals surface area contributed by atoms with E-state index in [0.29, 0.717) is 36.2 Å². The Morgan fingerprint density at radius 2 is 1.58 bits per heavy atom. The van der Waals surface area contributed by atoms with Crippen LogP contribution >= 0.6 is 0 Å². The SMILES string of the molecule is Cc1ccc(S(=O)(=O)N2CCC[C@@H](C(=O)Nc3ccccc3C(=O)c3ccccc3)C2)cc1. The number of carbonyl (C=O) groups excluding carboxylic acids is 2. The van der Waals surface area contributed by atoms with Gasteiger partial charge in [0.05, 0.1) is 16.5 Å². The molecule has 0 spiro atoms. The van der Waals surface area contributed by atoms with Crippen molar-refractivity contribution in [1.29, 1.82) is 0 Å². The van der Waals surface area contributed by atoms with Crippen LogP contribution < -0.4 is 5.32 Å². The first kappa shape index (κ1) is 22.9. The van der Waals surface area contributed by atoms with Gasteiger partial charge in [0.1, 0.15) is 0 Å². The molecular weight excluding hydrogens is 436 g/mol. The fourth-order valence-electron chi connectivity index (χ4n) is 4.00. The Balaban J connectivity index is 1.50. The Bertz CT molecular complexity index is 1250. The van der Waals surface area contributed by atoms with Gasteiger partial charge in [-0.15, -0.1) is 0 Å². The van der Waals surface area contributed by atoms with Crippen molar-refractivity contribution in [2.75, 3.05) is 18.4 Å². The molecule has 1 amide bonds. The average molecular weight is 463 g/mol. The molecule has 6 nitrogen and oxygen atoms in total. The number of amides is 1. The summed E-state index contributed by atoms with van der Waals surface area (Å²) < 4.78 is 27.5. The van der Waals surface area contributed by atoms with E-state index in [4.69, 9.17) is 0 Å². The molecule has 1 aliphatic rings. The van der Waals surface area contributed by atoms with Crippen molar-refractivity contribution in [3.05, 3.63) is 95.6 Å². The number of anilines is 1. The summed E-state index contributed by atoms with van der Waals surface area (Å²) in [4.78, 5) is 26.3. The van der Waals surface area contributed by atoms with Gasteiger partial charge < -0.3 is 5.32 Å². The van der Waals surface area contributed by atoms with E-state index in [9.17, 15) is 18.0 Å². The van der Waals surface area contributed by atoms with Crippen molar-refractivity contribution in [2.45, 2.75) is 24.7 Å². The normalized spacial score (nSPS) is 16.8. The van der Waals surface area contributed by atoms with E-state index in [2.05, 4.69) is 5.32 Å². The summed E-state index contributed by atoms with van der Waals surface area (Å²) >= 11 is 0. The first-order valence-corrected chi connectivity index (χ1v) is 12.4. The second-order valence-corrected chi connectivity index (χ2v) is 10.2. The predicted molar refractivity (Wildman–Crippen MR) is 128 cm³/mol. The van der Waals surface area contributed by atoms with Crippen LogP contribution in [-0.2, 0) is 14.8 Å². The number of hydrogen-bond donors (Lipinski definition) is 1. The molecule has 7 heteroatoms. The average Bonchev–Trinajstić information content (AvgIpc) is 2.85. The monoisotopic (exact) mass is 462 g/mol. The number of benzene rings is 3. The van der Waals surface area contributed by atoms with Crippen molar-refractivity contribution in [3.8, 4) is 0 Å². The second kappa shape index (κ2) is 9.68. The molecule has 4 rings (SSSR count). The molecule has 33 heavy (non-hydrogen) atoms. The highest BCUT2D eigenvalue weighted by Crippen LogP contribution is 2.26. The summed E-state index contributed by atoms with van der Waals surface area (Å²) in [5, 5.41) is 2.87. The zero-order valence-corrected chi connectivity index (χ0v) is 19.2. The number of nitrogens with zero attached hydrogens (tertiary/aromatic N) is 1. The molecule has 170 valence electrons. The van der Waals surface area contributed by atoms with E-state index >= 15 is 0 Å². The highest BCUT2D eigenvalue weighted by Gasteiger charge is 2.33. The molecule has 0 aromatic heterocycles. The Labute approximate surface area is 194 Å². The molecule has 1 N–H and O–H groups in total. The first-order chi connectivity index (χ1) is 15.9. The maximum Gasteiger partial charge on any atom is 0.243 e. The standard InChI is InChI=1S/C26H26N2O4S/c1-19-13-15-22(16-14-19)33(31,32)28-17-7-10-21(18-28)26(30)27-24-12-6-5-11-23(24)25(29)20-8-3-2-4-9-20/h2-6,8-9,11-16,21H,7,10,17-18H2,1H3,(H,27,30)/t21-/m1/s1. The van der Waals surface area contributed by atoms with Crippen LogP contribution in [0.1, 0.15) is 34.3 Å². The van der Waals surface area contributed by atoms with Gasteiger partial charge in [-0.1, -0.05) is 60.2 Å². The second-order valence-electron chi connectivity index (χ2n) is 8.25. The Morgan fingerprint density at radius 3 is 2.30 bits per heavy atom. The van der Waals surface area contributed by atoms with Gasteiger partial charge in [0.15, 0.2) is 5.78 Å². The third-order valence-corrected chi connectivity index (χ3v) is 7.76. The van der Waals surface area contributed by atoms with Crippen molar-refractivity contribution < 1.29 is 18.0 Å². The first-order valence-electron chi connectivity index (χ1n) is 10.9. The van der Waals surface area contributed by atoms with E-state index in [0.717, 1.165) is 5.56 Å². The summed E-state index contributed by atoms with van der Waals surface area (Å²) in [6, 6.07) is 22.5. The Hall–Kier alpha value is -3.29. The van der Waals surface area contributed by atoms with Crippen molar-refractivity contribution in [1.82, 2.24) is 4.31 Å². The van der Waals surface area contributed by atoms with E-state index in [-0.39, 0.29) is 23.1 Å². The third kappa shape index (κ3) is 5.05. The summed E-state index contributed by atoms with van der Waals surface area (Å²) in [6.07, 6.45) is 1.17. The van der Waals surface area contributed by atoms with Crippen LogP contribution in [0.15, 0.2) is 83.8 Å². The molecule has 1 fully saturated rings. The molecule has 0 unspecified atom stereocenters. The summed E-state index contributed by atoms with van der Waals surface area (Å²) in [5.41, 5.74) is 2.34. The van der Waals surface area contributed by atoms with E-state index in [1.807, 2.05) is 13.0 Å². The zero-order chi connectivity index (χ0) is 23.4. The lowest BCUT2D eigenvalue weighted by Gasteiger charge is -2.31. The predicted octanol–water partition coefficient (Wildman–Crippen LogP) is 4.27. The molecule has 0 aliphatic carbocycles. The number of rotatable bonds is 6. The van der Waals surface area contributed by atoms with E-state index in [1.165, 1.54) is 4.31 Å². The fraction of sp³-hybridized carbons (Fsp3) is 0.231. The molecule has 1 atom stereocenters. The van der Waals surface area contributed by atoms with Gasteiger partial charge in [-0.3, -0.25) is 9.59 Å². The number of piperidine rings is 1. The quantitative estimate of drug-likeness (QED) is 0.555. The molecule has 1 heterocycles. The minimum absolute atomic E-state index is 0.108. The smallest absolute Gasteiger partial charge is 0.243 e. The molecule has 0 bridgehead atoms. The maximum atomic E-state index is 13.1. The highest BCUT2D eigenvalue weighted by atomic mass is 32.2. The summed E-state index contributed by atoms with van der Waals surface area (Å²) in [6.45, 7) is 2.39. The van der Waals surface area contributed by atoms with Crippen LogP contribution in [0.2, 0.25) is 0 Å². The van der Waals surface area contributed by atoms with Crippen LogP contribution in [0.25, 0.3) is 0 Å². The largest absolute Gasteiger partial charge is 0.325 e. The minimum Gasteiger partial charge on any atom is -0.325 e. The summed E-state index contributed by atoms with van der Waals surface area (Å²) in [7, 11) is -3.68. The van der Waals surface area contributed by atoms with Crippen molar-refractivity contribution >= 4 is 27.4 Å². The zero-order valence-electron chi connectivity index (χ0n) is 18.4. The summed E-state index contributed by atoms with van der Waals surface area (Å²) in [5.74, 6) is -0.968. The molecule has 3 aromatic rings. The van der Waals surface area contributed by atoms with Crippen molar-refractivity contribution in [3.63, 3.8) is 0 Å². The van der Waals surface area contributed by atoms with Gasteiger partial charge in [0.2, 0.25) is 15.9 Å². The van der Waals surface area contributed by atoms with Crippen molar-refractivity contribution in [2.24, 2.45) is 5.92 Å². The van der Waals surface area contributed by atoms with E-state index < -0.39 is 15.9 Å². The van der Waals surface area contributed by atoms with Gasteiger partial charge in [0.25, 0.3) is 0 Å². The van der Waals surface area contributed by atoms with Gasteiger partial charge in [-0.25, -0.2) is 8.42 Å².